The summed E-state index contributed by atoms with van der Waals surface area (Å²) in [5, 5.41) is 3.45. The van der Waals surface area contributed by atoms with Crippen LogP contribution in [0.2, 0.25) is 0 Å². The number of rotatable bonds is 4. The highest BCUT2D eigenvalue weighted by molar-refractivity contribution is 9.10. The van der Waals surface area contributed by atoms with Crippen molar-refractivity contribution in [1.29, 1.82) is 0 Å². The maximum atomic E-state index is 11.9. The maximum absolute atomic E-state index is 11.9. The zero-order valence-corrected chi connectivity index (χ0v) is 13.9. The standard InChI is InChI=1S/C14H13BrN2O3S/c1-8-13(21-9(2)16-8)14(19)20-7-12(18)17-11-6-4-3-5-10(11)15/h3-6H,7H2,1-2H3,(H,17,18). The molecule has 1 N–H and O–H groups in total. The van der Waals surface area contributed by atoms with Crippen molar-refractivity contribution in [2.24, 2.45) is 0 Å². The fourth-order valence-corrected chi connectivity index (χ4v) is 2.86. The Morgan fingerprint density at radius 2 is 2.05 bits per heavy atom. The van der Waals surface area contributed by atoms with E-state index < -0.39 is 11.9 Å². The fourth-order valence-electron chi connectivity index (χ4n) is 1.67. The van der Waals surface area contributed by atoms with E-state index in [1.54, 1.807) is 19.1 Å². The van der Waals surface area contributed by atoms with Crippen LogP contribution in [0.3, 0.4) is 0 Å². The minimum Gasteiger partial charge on any atom is -0.451 e. The Morgan fingerprint density at radius 3 is 2.67 bits per heavy atom. The van der Waals surface area contributed by atoms with Gasteiger partial charge in [0.05, 0.1) is 16.4 Å². The second kappa shape index (κ2) is 6.82. The summed E-state index contributed by atoms with van der Waals surface area (Å²) >= 11 is 4.58. The van der Waals surface area contributed by atoms with E-state index in [0.717, 1.165) is 9.48 Å². The van der Waals surface area contributed by atoms with Crippen LogP contribution >= 0.6 is 27.3 Å². The molecule has 0 fully saturated rings. The second-order valence-corrected chi connectivity index (χ2v) is 6.31. The Hall–Kier alpha value is -1.73. The van der Waals surface area contributed by atoms with Gasteiger partial charge in [0.25, 0.3) is 5.91 Å². The summed E-state index contributed by atoms with van der Waals surface area (Å²) < 4.78 is 5.76. The number of hydrogen-bond acceptors (Lipinski definition) is 5. The van der Waals surface area contributed by atoms with E-state index in [1.807, 2.05) is 19.1 Å². The van der Waals surface area contributed by atoms with Crippen molar-refractivity contribution in [3.63, 3.8) is 0 Å². The molecule has 0 bridgehead atoms. The van der Waals surface area contributed by atoms with E-state index in [4.69, 9.17) is 4.74 Å². The van der Waals surface area contributed by atoms with E-state index in [9.17, 15) is 9.59 Å². The number of aryl methyl sites for hydroxylation is 2. The number of hydrogen-bond donors (Lipinski definition) is 1. The summed E-state index contributed by atoms with van der Waals surface area (Å²) in [7, 11) is 0. The lowest BCUT2D eigenvalue weighted by Gasteiger charge is -2.07. The van der Waals surface area contributed by atoms with Crippen molar-refractivity contribution < 1.29 is 14.3 Å². The number of ether oxygens (including phenoxy) is 1. The Bertz CT molecular complexity index is 685. The zero-order valence-electron chi connectivity index (χ0n) is 11.5. The van der Waals surface area contributed by atoms with Crippen LogP contribution in [0.4, 0.5) is 5.69 Å². The van der Waals surface area contributed by atoms with Gasteiger partial charge in [-0.2, -0.15) is 0 Å². The highest BCUT2D eigenvalue weighted by Crippen LogP contribution is 2.21. The number of amides is 1. The SMILES string of the molecule is Cc1nc(C)c(C(=O)OCC(=O)Nc2ccccc2Br)s1. The maximum Gasteiger partial charge on any atom is 0.350 e. The number of nitrogens with one attached hydrogen (secondary N) is 1. The number of aromatic nitrogens is 1. The predicted octanol–water partition coefficient (Wildman–Crippen LogP) is 3.32. The van der Waals surface area contributed by atoms with E-state index in [2.05, 4.69) is 26.2 Å². The molecule has 0 saturated carbocycles. The predicted molar refractivity (Wildman–Crippen MR) is 84.6 cm³/mol. The lowest BCUT2D eigenvalue weighted by molar-refractivity contribution is -0.119. The topological polar surface area (TPSA) is 68.3 Å². The van der Waals surface area contributed by atoms with Gasteiger partial charge in [-0.05, 0) is 41.9 Å². The molecule has 1 amide bonds. The normalized spacial score (nSPS) is 10.2. The molecule has 1 heterocycles. The number of nitrogens with zero attached hydrogens (tertiary/aromatic N) is 1. The van der Waals surface area contributed by atoms with E-state index in [1.165, 1.54) is 11.3 Å². The van der Waals surface area contributed by atoms with Gasteiger partial charge in [-0.1, -0.05) is 12.1 Å². The number of carbonyl (C=O) groups is 2. The van der Waals surface area contributed by atoms with Gasteiger partial charge in [-0.15, -0.1) is 11.3 Å². The molecule has 110 valence electrons. The molecule has 0 radical (unpaired) electrons. The van der Waals surface area contributed by atoms with Gasteiger partial charge >= 0.3 is 5.97 Å². The smallest absolute Gasteiger partial charge is 0.350 e. The third kappa shape index (κ3) is 4.12. The van der Waals surface area contributed by atoms with Crippen LogP contribution < -0.4 is 5.32 Å². The van der Waals surface area contributed by atoms with Gasteiger partial charge in [0.1, 0.15) is 4.88 Å². The molecule has 1 aromatic carbocycles. The molecule has 21 heavy (non-hydrogen) atoms. The van der Waals surface area contributed by atoms with Crippen LogP contribution in [-0.2, 0) is 9.53 Å². The highest BCUT2D eigenvalue weighted by Gasteiger charge is 2.16. The number of esters is 1. The minimum atomic E-state index is -0.527. The number of thiazole rings is 1. The minimum absolute atomic E-state index is 0.337. The van der Waals surface area contributed by atoms with Crippen molar-refractivity contribution in [2.75, 3.05) is 11.9 Å². The molecule has 1 aromatic heterocycles. The molecule has 0 atom stereocenters. The van der Waals surface area contributed by atoms with E-state index in [-0.39, 0.29) is 6.61 Å². The summed E-state index contributed by atoms with van der Waals surface area (Å²) in [4.78, 5) is 28.2. The summed E-state index contributed by atoms with van der Waals surface area (Å²) in [6.07, 6.45) is 0. The van der Waals surface area contributed by atoms with Gasteiger partial charge in [-0.3, -0.25) is 4.79 Å². The van der Waals surface area contributed by atoms with Crippen molar-refractivity contribution >= 4 is 44.8 Å². The lowest BCUT2D eigenvalue weighted by Crippen LogP contribution is -2.21. The highest BCUT2D eigenvalue weighted by atomic mass is 79.9. The lowest BCUT2D eigenvalue weighted by atomic mass is 10.3. The molecule has 0 aliphatic heterocycles. The van der Waals surface area contributed by atoms with Gasteiger partial charge in [0.15, 0.2) is 6.61 Å². The number of carbonyl (C=O) groups excluding carboxylic acids is 2. The van der Waals surface area contributed by atoms with Crippen LogP contribution in [0.15, 0.2) is 28.7 Å². The van der Waals surface area contributed by atoms with E-state index in [0.29, 0.717) is 16.3 Å². The first-order valence-electron chi connectivity index (χ1n) is 6.13. The van der Waals surface area contributed by atoms with Gasteiger partial charge < -0.3 is 10.1 Å². The summed E-state index contributed by atoms with van der Waals surface area (Å²) in [6.45, 7) is 3.21. The van der Waals surface area contributed by atoms with E-state index >= 15 is 0 Å². The molecular weight excluding hydrogens is 356 g/mol. The third-order valence-electron chi connectivity index (χ3n) is 2.57. The van der Waals surface area contributed by atoms with Gasteiger partial charge in [0.2, 0.25) is 0 Å². The van der Waals surface area contributed by atoms with Crippen LogP contribution in [0.1, 0.15) is 20.4 Å². The van der Waals surface area contributed by atoms with Crippen LogP contribution in [0, 0.1) is 13.8 Å². The molecule has 7 heteroatoms. The van der Waals surface area contributed by atoms with Crippen molar-refractivity contribution in [2.45, 2.75) is 13.8 Å². The Labute approximate surface area is 134 Å². The number of halogens is 1. The molecule has 2 aromatic rings. The molecule has 0 unspecified atom stereocenters. The summed E-state index contributed by atoms with van der Waals surface area (Å²) in [6, 6.07) is 7.20. The molecular formula is C14H13BrN2O3S. The zero-order chi connectivity index (χ0) is 15.4. The first-order chi connectivity index (χ1) is 9.97. The van der Waals surface area contributed by atoms with Crippen LogP contribution in [0.25, 0.3) is 0 Å². The monoisotopic (exact) mass is 368 g/mol. The van der Waals surface area contributed by atoms with Crippen LogP contribution in [0.5, 0.6) is 0 Å². The summed E-state index contributed by atoms with van der Waals surface area (Å²) in [5.74, 6) is -0.922. The second-order valence-electron chi connectivity index (χ2n) is 4.25. The molecule has 0 aliphatic carbocycles. The Morgan fingerprint density at radius 1 is 1.33 bits per heavy atom. The fraction of sp³-hybridized carbons (Fsp3) is 0.214. The quantitative estimate of drug-likeness (QED) is 0.840. The Balaban J connectivity index is 1.91. The molecule has 2 rings (SSSR count). The molecule has 0 saturated heterocycles. The largest absolute Gasteiger partial charge is 0.451 e. The first-order valence-corrected chi connectivity index (χ1v) is 7.74. The average molecular weight is 369 g/mol. The van der Waals surface area contributed by atoms with Gasteiger partial charge in [0, 0.05) is 4.47 Å². The summed E-state index contributed by atoms with van der Waals surface area (Å²) in [5.41, 5.74) is 1.25. The van der Waals surface area contributed by atoms with Crippen LogP contribution in [-0.4, -0.2) is 23.5 Å². The van der Waals surface area contributed by atoms with Crippen molar-refractivity contribution in [3.8, 4) is 0 Å². The number of anilines is 1. The molecule has 0 aliphatic rings. The van der Waals surface area contributed by atoms with Crippen molar-refractivity contribution in [1.82, 2.24) is 4.98 Å². The van der Waals surface area contributed by atoms with Gasteiger partial charge in [-0.25, -0.2) is 9.78 Å². The average Bonchev–Trinajstić information content (AvgIpc) is 2.78. The first kappa shape index (κ1) is 15.7. The van der Waals surface area contributed by atoms with Crippen molar-refractivity contribution in [3.05, 3.63) is 44.3 Å². The molecule has 0 spiro atoms. The molecule has 5 nitrogen and oxygen atoms in total. The Kier molecular flexibility index (Phi) is 5.08. The third-order valence-corrected chi connectivity index (χ3v) is 4.32. The number of para-hydroxylation sites is 1. The number of benzene rings is 1.